The number of hydrogen-bond donors (Lipinski definition) is 1. The number of anilines is 2. The van der Waals surface area contributed by atoms with E-state index in [0.717, 1.165) is 22.5 Å². The number of allylic oxidation sites excluding steroid dienone is 5. The zero-order valence-corrected chi connectivity index (χ0v) is 15.0. The number of benzene rings is 2. The van der Waals surface area contributed by atoms with Gasteiger partial charge in [0, 0.05) is 0 Å². The van der Waals surface area contributed by atoms with Crippen molar-refractivity contribution in [3.63, 3.8) is 0 Å². The van der Waals surface area contributed by atoms with Crippen LogP contribution in [0.4, 0.5) is 11.4 Å². The van der Waals surface area contributed by atoms with Gasteiger partial charge in [0.2, 0.25) is 0 Å². The van der Waals surface area contributed by atoms with Gasteiger partial charge in [0.05, 0.1) is 11.4 Å². The highest BCUT2D eigenvalue weighted by Crippen LogP contribution is 2.30. The molecule has 0 bridgehead atoms. The summed E-state index contributed by atoms with van der Waals surface area (Å²) in [4.78, 5) is 0. The summed E-state index contributed by atoms with van der Waals surface area (Å²) >= 11 is 0. The molecule has 2 aromatic rings. The molecular weight excluding hydrogens is 292 g/mol. The topological polar surface area (TPSA) is 29.3 Å². The first-order valence-corrected chi connectivity index (χ1v) is 8.16. The van der Waals surface area contributed by atoms with Crippen molar-refractivity contribution in [2.45, 2.75) is 27.7 Å². The smallest absolute Gasteiger partial charge is 0.0633 e. The Labute approximate surface area is 145 Å². The Bertz CT molecular complexity index is 757. The van der Waals surface area contributed by atoms with E-state index in [0.29, 0.717) is 0 Å². The van der Waals surface area contributed by atoms with Crippen LogP contribution in [0.5, 0.6) is 0 Å². The molecule has 0 aliphatic rings. The Morgan fingerprint density at radius 3 is 2.12 bits per heavy atom. The predicted molar refractivity (Wildman–Crippen MR) is 106 cm³/mol. The molecule has 124 valence electrons. The van der Waals surface area contributed by atoms with E-state index in [1.54, 1.807) is 11.1 Å². The van der Waals surface area contributed by atoms with Crippen LogP contribution in [0.2, 0.25) is 0 Å². The van der Waals surface area contributed by atoms with Crippen LogP contribution in [-0.2, 0) is 0 Å². The lowest BCUT2D eigenvalue weighted by atomic mass is 10.0. The Morgan fingerprint density at radius 1 is 1.04 bits per heavy atom. The maximum Gasteiger partial charge on any atom is 0.0633 e. The zero-order valence-electron chi connectivity index (χ0n) is 15.0. The summed E-state index contributed by atoms with van der Waals surface area (Å²) in [5.41, 5.74) is 7.97. The van der Waals surface area contributed by atoms with Gasteiger partial charge in [-0.05, 0) is 62.1 Å². The molecule has 0 heterocycles. The Balaban J connectivity index is 2.34. The van der Waals surface area contributed by atoms with E-state index in [-0.39, 0.29) is 0 Å². The average Bonchev–Trinajstić information content (AvgIpc) is 2.55. The van der Waals surface area contributed by atoms with Crippen LogP contribution in [0.3, 0.4) is 0 Å². The van der Waals surface area contributed by atoms with Crippen LogP contribution < -0.4 is 10.9 Å². The van der Waals surface area contributed by atoms with Crippen LogP contribution in [-0.4, -0.2) is 0 Å². The lowest BCUT2D eigenvalue weighted by Gasteiger charge is -2.24. The van der Waals surface area contributed by atoms with Gasteiger partial charge >= 0.3 is 0 Å². The van der Waals surface area contributed by atoms with Gasteiger partial charge in [-0.2, -0.15) is 0 Å². The summed E-state index contributed by atoms with van der Waals surface area (Å²) in [6.45, 7) is 12.1. The molecule has 0 aliphatic carbocycles. The molecule has 0 spiro atoms. The summed E-state index contributed by atoms with van der Waals surface area (Å²) in [6.07, 6.45) is 7.86. The second-order valence-electron chi connectivity index (χ2n) is 6.00. The van der Waals surface area contributed by atoms with E-state index in [9.17, 15) is 0 Å². The first-order chi connectivity index (χ1) is 11.5. The molecule has 2 heteroatoms. The molecule has 2 rings (SSSR count). The quantitative estimate of drug-likeness (QED) is 0.431. The van der Waals surface area contributed by atoms with Crippen molar-refractivity contribution >= 4 is 16.9 Å². The third kappa shape index (κ3) is 3.84. The van der Waals surface area contributed by atoms with Crippen molar-refractivity contribution in [1.29, 1.82) is 0 Å². The van der Waals surface area contributed by atoms with Crippen molar-refractivity contribution in [2.75, 3.05) is 5.01 Å². The van der Waals surface area contributed by atoms with Gasteiger partial charge in [0.25, 0.3) is 0 Å². The Hall–Kier alpha value is -2.58. The van der Waals surface area contributed by atoms with Gasteiger partial charge in [0.15, 0.2) is 0 Å². The van der Waals surface area contributed by atoms with E-state index >= 15 is 0 Å². The molecule has 0 aromatic heterocycles. The minimum atomic E-state index is 0.969. The fourth-order valence-corrected chi connectivity index (χ4v) is 3.03. The highest BCUT2D eigenvalue weighted by Gasteiger charge is 2.11. The van der Waals surface area contributed by atoms with Crippen LogP contribution in [0.25, 0.3) is 5.57 Å². The molecule has 2 nitrogen and oxygen atoms in total. The molecule has 0 aliphatic heterocycles. The van der Waals surface area contributed by atoms with Gasteiger partial charge in [-0.1, -0.05) is 60.7 Å². The Morgan fingerprint density at radius 2 is 1.62 bits per heavy atom. The van der Waals surface area contributed by atoms with Crippen molar-refractivity contribution in [2.24, 2.45) is 5.84 Å². The first-order valence-electron chi connectivity index (χ1n) is 8.16. The lowest BCUT2D eigenvalue weighted by Crippen LogP contribution is -2.26. The molecular formula is C22H26N2. The number of rotatable bonds is 5. The summed E-state index contributed by atoms with van der Waals surface area (Å²) in [6, 6.07) is 12.6. The molecule has 0 saturated heterocycles. The fourth-order valence-electron chi connectivity index (χ4n) is 3.03. The average molecular weight is 318 g/mol. The maximum atomic E-state index is 6.40. The molecule has 2 aromatic carbocycles. The van der Waals surface area contributed by atoms with Crippen molar-refractivity contribution in [3.05, 3.63) is 89.5 Å². The van der Waals surface area contributed by atoms with Gasteiger partial charge in [-0.15, -0.1) is 0 Å². The predicted octanol–water partition coefficient (Wildman–Crippen LogP) is 5.77. The SMILES string of the molecule is C=C/C=C\C(=C/C)c1ccc(N(N)c2c(C)cc(C)cc2C)cc1. The van der Waals surface area contributed by atoms with E-state index in [2.05, 4.69) is 75.9 Å². The van der Waals surface area contributed by atoms with Crippen LogP contribution in [0.1, 0.15) is 29.2 Å². The number of nitrogens with two attached hydrogens (primary N) is 1. The van der Waals surface area contributed by atoms with Gasteiger partial charge in [-0.25, -0.2) is 5.84 Å². The van der Waals surface area contributed by atoms with E-state index in [4.69, 9.17) is 5.84 Å². The summed E-state index contributed by atoms with van der Waals surface area (Å²) < 4.78 is 0. The van der Waals surface area contributed by atoms with Crippen molar-refractivity contribution in [1.82, 2.24) is 0 Å². The first kappa shape index (κ1) is 17.8. The minimum absolute atomic E-state index is 0.969. The zero-order chi connectivity index (χ0) is 17.7. The van der Waals surface area contributed by atoms with Crippen LogP contribution >= 0.6 is 0 Å². The molecule has 0 radical (unpaired) electrons. The fraction of sp³-hybridized carbons (Fsp3) is 0.182. The van der Waals surface area contributed by atoms with Gasteiger partial charge < -0.3 is 0 Å². The molecule has 0 atom stereocenters. The van der Waals surface area contributed by atoms with Crippen molar-refractivity contribution < 1.29 is 0 Å². The normalized spacial score (nSPS) is 11.8. The largest absolute Gasteiger partial charge is 0.279 e. The molecule has 24 heavy (non-hydrogen) atoms. The highest BCUT2D eigenvalue weighted by atomic mass is 15.4. The van der Waals surface area contributed by atoms with Gasteiger partial charge in [0.1, 0.15) is 0 Å². The second kappa shape index (κ2) is 7.80. The third-order valence-electron chi connectivity index (χ3n) is 4.08. The summed E-state index contributed by atoms with van der Waals surface area (Å²) in [5.74, 6) is 6.40. The number of hydrazine groups is 1. The van der Waals surface area contributed by atoms with Crippen LogP contribution in [0.15, 0.2) is 67.3 Å². The molecule has 2 N–H and O–H groups in total. The van der Waals surface area contributed by atoms with E-state index in [1.807, 2.05) is 13.0 Å². The molecule has 0 amide bonds. The number of hydrogen-bond acceptors (Lipinski definition) is 2. The summed E-state index contributed by atoms with van der Waals surface area (Å²) in [7, 11) is 0. The third-order valence-corrected chi connectivity index (χ3v) is 4.08. The number of aryl methyl sites for hydroxylation is 3. The number of nitrogens with zero attached hydrogens (tertiary/aromatic N) is 1. The maximum absolute atomic E-state index is 6.40. The molecule has 0 saturated carbocycles. The van der Waals surface area contributed by atoms with Crippen LogP contribution in [0, 0.1) is 20.8 Å². The van der Waals surface area contributed by atoms with E-state index in [1.165, 1.54) is 16.7 Å². The highest BCUT2D eigenvalue weighted by molar-refractivity contribution is 5.76. The standard InChI is InChI=1S/C22H26N2/c1-6-8-9-19(7-2)20-10-12-21(13-11-20)24(23)22-17(4)14-16(3)15-18(22)5/h6-15H,1,23H2,2-5H3/b9-8-,19-7+. The van der Waals surface area contributed by atoms with Gasteiger partial charge in [-0.3, -0.25) is 5.01 Å². The second-order valence-corrected chi connectivity index (χ2v) is 6.00. The minimum Gasteiger partial charge on any atom is -0.279 e. The lowest BCUT2D eigenvalue weighted by molar-refractivity contribution is 1.06. The van der Waals surface area contributed by atoms with E-state index < -0.39 is 0 Å². The summed E-state index contributed by atoms with van der Waals surface area (Å²) in [5, 5.41) is 1.77. The van der Waals surface area contributed by atoms with Crippen molar-refractivity contribution in [3.8, 4) is 0 Å². The monoisotopic (exact) mass is 318 g/mol. The Kier molecular flexibility index (Phi) is 5.78. The molecule has 0 unspecified atom stereocenters. The molecule has 0 fully saturated rings.